The third-order valence-electron chi connectivity index (χ3n) is 0.589. The molecule has 0 aliphatic rings. The third kappa shape index (κ3) is 9.07. The molecule has 0 aliphatic heterocycles. The highest BCUT2D eigenvalue weighted by Crippen LogP contribution is 1.87. The summed E-state index contributed by atoms with van der Waals surface area (Å²) in [4.78, 5) is 0. The van der Waals surface area contributed by atoms with Crippen LogP contribution < -0.4 is 29.1 Å². The second kappa shape index (κ2) is 4.18. The van der Waals surface area contributed by atoms with Crippen LogP contribution in [0.2, 0.25) is 0 Å². The first-order valence-corrected chi connectivity index (χ1v) is 3.72. The molecule has 0 saturated carbocycles. The Hall–Kier alpha value is -0.930. The Morgan fingerprint density at radius 3 is 2.00 bits per heavy atom. The lowest BCUT2D eigenvalue weighted by atomic mass is 10.8. The molecule has 1 heterocycles. The van der Waals surface area contributed by atoms with Gasteiger partial charge in [0.1, 0.15) is 0 Å². The average Bonchev–Trinajstić information content (AvgIpc) is 2.09. The number of hydrogen-bond donors (Lipinski definition) is 1. The van der Waals surface area contributed by atoms with Crippen LogP contribution in [-0.4, -0.2) is 5.27 Å². The van der Waals surface area contributed by atoms with Gasteiger partial charge >= 0.3 is 0 Å². The number of halogens is 1. The molecule has 1 aromatic heterocycles. The molecule has 0 saturated heterocycles. The minimum atomic E-state index is -4.94. The van der Waals surface area contributed by atoms with Crippen molar-refractivity contribution in [1.29, 1.82) is 0 Å². The molecule has 9 heteroatoms. The normalized spacial score (nSPS) is 10.4. The van der Waals surface area contributed by atoms with Gasteiger partial charge in [-0.25, -0.2) is 18.6 Å². The largest absolute Gasteiger partial charge is 0.362 e. The highest BCUT2D eigenvalue weighted by atomic mass is 35.7. The molecule has 0 radical (unpaired) electrons. The van der Waals surface area contributed by atoms with Crippen molar-refractivity contribution in [3.05, 3.63) is 6.20 Å². The van der Waals surface area contributed by atoms with Crippen LogP contribution in [0.4, 0.5) is 5.88 Å². The van der Waals surface area contributed by atoms with E-state index in [-0.39, 0.29) is 0 Å². The van der Waals surface area contributed by atoms with Gasteiger partial charge in [0, 0.05) is 0 Å². The highest BCUT2D eigenvalue weighted by molar-refractivity contribution is 5.11. The molecule has 0 spiro atoms. The molecule has 8 nitrogen and oxygen atoms in total. The number of rotatable bonds is 0. The monoisotopic (exact) mass is 199 g/mol. The van der Waals surface area contributed by atoms with Crippen LogP contribution in [0.15, 0.2) is 10.7 Å². The van der Waals surface area contributed by atoms with Gasteiger partial charge in [-0.3, -0.25) is 4.52 Å². The molecule has 0 amide bonds. The second-order valence-electron chi connectivity index (χ2n) is 1.66. The summed E-state index contributed by atoms with van der Waals surface area (Å²) in [5.74, 6) is 0.336. The van der Waals surface area contributed by atoms with E-state index in [0.717, 1.165) is 0 Å². The number of hydrogen-bond acceptors (Lipinski definition) is 7. The SMILES string of the molecule is C[n+]1cc(N)on1.[O-][Cl+3]([O-])([O-])[O-]. The molecule has 1 aromatic rings. The van der Waals surface area contributed by atoms with E-state index in [2.05, 4.69) is 9.79 Å². The molecule has 0 aliphatic carbocycles. The zero-order valence-electron chi connectivity index (χ0n) is 5.97. The minimum absolute atomic E-state index is 0.336. The second-order valence-corrected chi connectivity index (χ2v) is 2.41. The molecule has 70 valence electrons. The van der Waals surface area contributed by atoms with Crippen molar-refractivity contribution in [1.82, 2.24) is 5.27 Å². The number of nitrogens with zero attached hydrogens (tertiary/aromatic N) is 2. The van der Waals surface area contributed by atoms with Gasteiger partial charge in [-0.05, 0) is 0 Å². The quantitative estimate of drug-likeness (QED) is 0.409. The van der Waals surface area contributed by atoms with Crippen LogP contribution in [0.3, 0.4) is 0 Å². The minimum Gasteiger partial charge on any atom is -0.362 e. The van der Waals surface area contributed by atoms with E-state index in [1.54, 1.807) is 13.2 Å². The van der Waals surface area contributed by atoms with Crippen LogP contribution >= 0.6 is 0 Å². The van der Waals surface area contributed by atoms with E-state index >= 15 is 0 Å². The van der Waals surface area contributed by atoms with Gasteiger partial charge in [0.2, 0.25) is 0 Å². The molecule has 12 heavy (non-hydrogen) atoms. The fourth-order valence-corrected chi connectivity index (χ4v) is 0.343. The summed E-state index contributed by atoms with van der Waals surface area (Å²) >= 11 is 0. The summed E-state index contributed by atoms with van der Waals surface area (Å²) < 4.78 is 39.9. The van der Waals surface area contributed by atoms with Crippen molar-refractivity contribution in [3.8, 4) is 0 Å². The molecule has 0 unspecified atom stereocenters. The van der Waals surface area contributed by atoms with Gasteiger partial charge in [-0.15, -0.1) is 10.2 Å². The third-order valence-corrected chi connectivity index (χ3v) is 0.589. The Bertz CT molecular complexity index is 210. The zero-order valence-corrected chi connectivity index (χ0v) is 6.72. The van der Waals surface area contributed by atoms with E-state index in [9.17, 15) is 0 Å². The van der Waals surface area contributed by atoms with E-state index in [4.69, 9.17) is 24.4 Å². The number of aryl methyl sites for hydroxylation is 1. The topological polar surface area (TPSA) is 148 Å². The summed E-state index contributed by atoms with van der Waals surface area (Å²) in [6, 6.07) is 0. The highest BCUT2D eigenvalue weighted by Gasteiger charge is 1.97. The first-order chi connectivity index (χ1) is 5.29. The van der Waals surface area contributed by atoms with Crippen molar-refractivity contribution < 1.29 is 38.1 Å². The summed E-state index contributed by atoms with van der Waals surface area (Å²) in [6.45, 7) is 0. The molecular formula is C3H6ClN3O5. The van der Waals surface area contributed by atoms with E-state index in [1.807, 2.05) is 0 Å². The van der Waals surface area contributed by atoms with Crippen LogP contribution in [0.25, 0.3) is 0 Å². The van der Waals surface area contributed by atoms with Crippen LogP contribution in [0, 0.1) is 10.2 Å². The van der Waals surface area contributed by atoms with Crippen molar-refractivity contribution in [3.63, 3.8) is 0 Å². The van der Waals surface area contributed by atoms with Gasteiger partial charge in [0.05, 0.1) is 0 Å². The lowest BCUT2D eigenvalue weighted by molar-refractivity contribution is -2.00. The summed E-state index contributed by atoms with van der Waals surface area (Å²) in [5, 5.41) is 3.43. The fourth-order valence-electron chi connectivity index (χ4n) is 0.343. The van der Waals surface area contributed by atoms with Gasteiger partial charge in [0.15, 0.2) is 12.3 Å². The Balaban J connectivity index is 0.000000217. The summed E-state index contributed by atoms with van der Waals surface area (Å²) in [7, 11) is -3.21. The predicted molar refractivity (Wildman–Crippen MR) is 22.1 cm³/mol. The molecule has 0 bridgehead atoms. The zero-order chi connectivity index (χ0) is 9.78. The van der Waals surface area contributed by atoms with Gasteiger partial charge in [0.25, 0.3) is 12.1 Å². The Labute approximate surface area is 69.1 Å². The standard InChI is InChI=1S/C3H6N3O.ClHO4/c1-6-2-3(4)7-5-6;2-1(3,4)5/h2H,4H2,1H3;(H,2,3,4,5)/q+1;/p-1. The van der Waals surface area contributed by atoms with Crippen LogP contribution in [0.1, 0.15) is 0 Å². The molecule has 0 atom stereocenters. The lowest BCUT2D eigenvalue weighted by Crippen LogP contribution is -2.68. The van der Waals surface area contributed by atoms with Gasteiger partial charge in [-0.2, -0.15) is 0 Å². The average molecular weight is 200 g/mol. The smallest absolute Gasteiger partial charge is 0.293 e. The van der Waals surface area contributed by atoms with E-state index in [1.165, 1.54) is 4.68 Å². The van der Waals surface area contributed by atoms with Gasteiger partial charge in [-0.1, -0.05) is 4.68 Å². The number of nitrogens with two attached hydrogens (primary N) is 1. The lowest BCUT2D eigenvalue weighted by Gasteiger charge is -2.17. The maximum absolute atomic E-state index is 8.49. The fraction of sp³-hybridized carbons (Fsp3) is 0.333. The molecule has 0 aromatic carbocycles. The maximum Gasteiger partial charge on any atom is 0.293 e. The van der Waals surface area contributed by atoms with E-state index < -0.39 is 10.2 Å². The van der Waals surface area contributed by atoms with Crippen LogP contribution in [-0.2, 0) is 7.05 Å². The van der Waals surface area contributed by atoms with Crippen LogP contribution in [0.5, 0.6) is 0 Å². The molecule has 2 N–H and O–H groups in total. The number of nitrogen functional groups attached to an aromatic ring is 1. The van der Waals surface area contributed by atoms with Crippen molar-refractivity contribution in [2.75, 3.05) is 5.73 Å². The first-order valence-electron chi connectivity index (χ1n) is 2.49. The van der Waals surface area contributed by atoms with Gasteiger partial charge < -0.3 is 5.73 Å². The predicted octanol–water partition coefficient (Wildman–Crippen LogP) is -5.67. The number of anilines is 1. The number of aromatic nitrogens is 2. The molecule has 0 fully saturated rings. The molecular weight excluding hydrogens is 194 g/mol. The maximum atomic E-state index is 8.49. The Kier molecular flexibility index (Phi) is 3.86. The summed E-state index contributed by atoms with van der Waals surface area (Å²) in [5.41, 5.74) is 5.13. The Morgan fingerprint density at radius 2 is 1.92 bits per heavy atom. The van der Waals surface area contributed by atoms with E-state index in [0.29, 0.717) is 5.88 Å². The van der Waals surface area contributed by atoms with Crippen molar-refractivity contribution in [2.45, 2.75) is 0 Å². The van der Waals surface area contributed by atoms with Crippen molar-refractivity contribution >= 4 is 5.88 Å². The molecule has 1 rings (SSSR count). The summed E-state index contributed by atoms with van der Waals surface area (Å²) in [6.07, 6.45) is 1.58. The van der Waals surface area contributed by atoms with Crippen molar-refractivity contribution in [2.24, 2.45) is 7.05 Å². The first kappa shape index (κ1) is 11.1. The Morgan fingerprint density at radius 1 is 1.50 bits per heavy atom.